The summed E-state index contributed by atoms with van der Waals surface area (Å²) in [6.45, 7) is 0. The van der Waals surface area contributed by atoms with Gasteiger partial charge in [-0.25, -0.2) is 9.97 Å². The van der Waals surface area contributed by atoms with E-state index in [-0.39, 0.29) is 66.3 Å². The largest absolute Gasteiger partial charge is 0.452 e. The van der Waals surface area contributed by atoms with Crippen LogP contribution in [-0.2, 0) is 0 Å². The number of fused-ring (bicyclic) bond motifs is 6. The lowest BCUT2D eigenvalue weighted by Crippen LogP contribution is -1.95. The van der Waals surface area contributed by atoms with Crippen molar-refractivity contribution in [2.75, 3.05) is 0 Å². The van der Waals surface area contributed by atoms with E-state index in [0.29, 0.717) is 0 Å². The van der Waals surface area contributed by atoms with Crippen molar-refractivity contribution in [3.05, 3.63) is 151 Å². The first-order valence-electron chi connectivity index (χ1n) is 23.1. The molecule has 6 aromatic carbocycles. The average Bonchev–Trinajstić information content (AvgIpc) is 3.82. The minimum atomic E-state index is -0.712. The smallest absolute Gasteiger partial charge is 0.180 e. The molecule has 0 fully saturated rings. The Kier molecular flexibility index (Phi) is 2.66. The summed E-state index contributed by atoms with van der Waals surface area (Å²) in [6, 6.07) is -7.40. The van der Waals surface area contributed by atoms with Crippen molar-refractivity contribution < 1.29 is 31.8 Å². The minimum absolute atomic E-state index is 0.0810. The Hall–Kier alpha value is -6.00. The number of aromatic nitrogens is 3. The molecule has 0 atom stereocenters. The first-order valence-corrected chi connectivity index (χ1v) is 13.1. The molecule has 0 radical (unpaired) electrons. The Morgan fingerprint density at radius 2 is 1.23 bits per heavy atom. The third-order valence-electron chi connectivity index (χ3n) is 7.08. The molecule has 0 aliphatic rings. The summed E-state index contributed by atoms with van der Waals surface area (Å²) in [6.07, 6.45) is 1.10. The predicted octanol–water partition coefficient (Wildman–Crippen LogP) is 10.5. The van der Waals surface area contributed by atoms with Gasteiger partial charge in [0.25, 0.3) is 0 Å². The van der Waals surface area contributed by atoms with Gasteiger partial charge in [-0.1, -0.05) is 109 Å². The van der Waals surface area contributed by atoms with Gasteiger partial charge in [0, 0.05) is 27.4 Å². The van der Waals surface area contributed by atoms with Crippen molar-refractivity contribution in [3.8, 4) is 39.2 Å². The molecule has 9 rings (SSSR count). The van der Waals surface area contributed by atoms with Gasteiger partial charge in [-0.2, -0.15) is 0 Å². The number of hydrogen-bond donors (Lipinski definition) is 0. The van der Waals surface area contributed by atoms with Crippen LogP contribution in [0.25, 0.3) is 83.1 Å². The highest BCUT2D eigenvalue weighted by atomic mass is 16.3. The summed E-state index contributed by atoms with van der Waals surface area (Å²) in [5.74, 6) is 0. The van der Waals surface area contributed by atoms with Crippen LogP contribution in [0.3, 0.4) is 0 Å². The number of benzene rings is 6. The lowest BCUT2D eigenvalue weighted by atomic mass is 9.99. The molecule has 0 unspecified atom stereocenters. The van der Waals surface area contributed by atoms with Gasteiger partial charge in [-0.3, -0.25) is 0 Å². The van der Waals surface area contributed by atoms with Crippen LogP contribution in [-0.4, -0.2) is 14.5 Å². The van der Waals surface area contributed by atoms with Gasteiger partial charge in [0.2, 0.25) is 0 Å². The summed E-state index contributed by atoms with van der Waals surface area (Å²) in [7, 11) is 0. The van der Waals surface area contributed by atoms with E-state index in [1.807, 2.05) is 0 Å². The van der Waals surface area contributed by atoms with E-state index in [0.717, 1.165) is 17.0 Å². The molecular formula is C40H25N3O. The van der Waals surface area contributed by atoms with E-state index in [2.05, 4.69) is 9.97 Å². The fourth-order valence-electron chi connectivity index (χ4n) is 5.13. The quantitative estimate of drug-likeness (QED) is 0.207. The van der Waals surface area contributed by atoms with Crippen molar-refractivity contribution in [1.29, 1.82) is 0 Å². The standard InChI is InChI=1S/C40H25N3O/c1-2-9-26(10-3-1)27-17-19-28(20-18-27)29-21-22-37-34(24-29)39-40(44-37)38(41-25-42-39)30-11-8-12-31(23-30)43-35-15-6-4-13-32(35)33-14-5-7-16-36(33)43/h1-25H/i1D,2D,3D,4D,5D,6D,7D,9D,10D,11D,12D,13D,14D,15D,16D,17D,18D,19D,20D,23D. The first-order chi connectivity index (χ1) is 30.1. The summed E-state index contributed by atoms with van der Waals surface area (Å²) < 4.78 is 180. The average molecular weight is 584 g/mol. The van der Waals surface area contributed by atoms with E-state index in [9.17, 15) is 1.37 Å². The van der Waals surface area contributed by atoms with Gasteiger partial charge in [-0.15, -0.1) is 0 Å². The first kappa shape index (κ1) is 11.9. The molecule has 0 saturated carbocycles. The van der Waals surface area contributed by atoms with Crippen molar-refractivity contribution in [2.45, 2.75) is 0 Å². The Bertz CT molecular complexity index is 3500. The summed E-state index contributed by atoms with van der Waals surface area (Å²) in [5.41, 5.74) is -2.32. The van der Waals surface area contributed by atoms with Crippen molar-refractivity contribution in [3.63, 3.8) is 0 Å². The maximum atomic E-state index is 9.54. The predicted molar refractivity (Wildman–Crippen MR) is 180 cm³/mol. The topological polar surface area (TPSA) is 43.9 Å². The van der Waals surface area contributed by atoms with E-state index in [1.54, 1.807) is 0 Å². The monoisotopic (exact) mass is 583 g/mol. The second-order valence-corrected chi connectivity index (χ2v) is 9.53. The van der Waals surface area contributed by atoms with Crippen molar-refractivity contribution in [2.24, 2.45) is 0 Å². The van der Waals surface area contributed by atoms with Crippen LogP contribution in [0.5, 0.6) is 0 Å². The maximum Gasteiger partial charge on any atom is 0.180 e. The highest BCUT2D eigenvalue weighted by Gasteiger charge is 2.17. The molecule has 206 valence electrons. The van der Waals surface area contributed by atoms with Gasteiger partial charge in [0.05, 0.1) is 38.4 Å². The molecule has 0 bridgehead atoms. The lowest BCUT2D eigenvalue weighted by Gasteiger charge is -2.10. The van der Waals surface area contributed by atoms with Crippen LogP contribution in [0.1, 0.15) is 27.4 Å². The van der Waals surface area contributed by atoms with Crippen molar-refractivity contribution in [1.82, 2.24) is 14.5 Å². The van der Waals surface area contributed by atoms with Crippen molar-refractivity contribution >= 4 is 43.9 Å². The molecule has 9 aromatic rings. The van der Waals surface area contributed by atoms with Gasteiger partial charge in [0.1, 0.15) is 23.1 Å². The van der Waals surface area contributed by atoms with Crippen LogP contribution in [0.15, 0.2) is 156 Å². The molecule has 0 saturated heterocycles. The third-order valence-corrected chi connectivity index (χ3v) is 7.08. The molecule has 0 N–H and O–H groups in total. The Balaban J connectivity index is 1.28. The number of para-hydroxylation sites is 2. The molecule has 44 heavy (non-hydrogen) atoms. The fraction of sp³-hybridized carbons (Fsp3) is 0. The summed E-state index contributed by atoms with van der Waals surface area (Å²) >= 11 is 0. The van der Waals surface area contributed by atoms with E-state index < -0.39 is 138 Å². The third kappa shape index (κ3) is 3.85. The zero-order valence-electron chi connectivity index (χ0n) is 42.1. The number of nitrogens with zero attached hydrogens (tertiary/aromatic N) is 3. The van der Waals surface area contributed by atoms with Gasteiger partial charge >= 0.3 is 0 Å². The molecule has 3 aromatic heterocycles. The molecule has 0 aliphatic heterocycles. The molecule has 0 aliphatic carbocycles. The summed E-state index contributed by atoms with van der Waals surface area (Å²) in [4.78, 5) is 8.73. The van der Waals surface area contributed by atoms with Crippen LogP contribution in [0.2, 0.25) is 0 Å². The fourth-order valence-corrected chi connectivity index (χ4v) is 5.13. The normalized spacial score (nSPS) is 18.0. The number of furan rings is 1. The molecular weight excluding hydrogens is 538 g/mol. The van der Waals surface area contributed by atoms with Gasteiger partial charge < -0.3 is 8.98 Å². The second-order valence-electron chi connectivity index (χ2n) is 9.53. The number of hydrogen-bond acceptors (Lipinski definition) is 3. The van der Waals surface area contributed by atoms with Crippen LogP contribution in [0.4, 0.5) is 0 Å². The summed E-state index contributed by atoms with van der Waals surface area (Å²) in [5, 5.41) is -0.287. The zero-order chi connectivity index (χ0) is 46.4. The molecule has 0 spiro atoms. The Morgan fingerprint density at radius 1 is 0.568 bits per heavy atom. The van der Waals surface area contributed by atoms with Crippen LogP contribution in [0, 0.1) is 0 Å². The van der Waals surface area contributed by atoms with Gasteiger partial charge in [0.15, 0.2) is 5.58 Å². The second kappa shape index (κ2) is 9.79. The lowest BCUT2D eigenvalue weighted by molar-refractivity contribution is 0.667. The van der Waals surface area contributed by atoms with Gasteiger partial charge in [-0.05, 0) is 58.6 Å². The van der Waals surface area contributed by atoms with E-state index in [1.165, 1.54) is 18.2 Å². The maximum absolute atomic E-state index is 9.54. The van der Waals surface area contributed by atoms with E-state index in [4.69, 9.17) is 30.5 Å². The minimum Gasteiger partial charge on any atom is -0.452 e. The van der Waals surface area contributed by atoms with Crippen LogP contribution >= 0.6 is 0 Å². The Labute approximate surface area is 281 Å². The molecule has 4 heteroatoms. The SMILES string of the molecule is [2H]c1cc([2H])c(-n2c3c([2H])c([2H])c([2H])c([2H])c3c3c([2H])c([2H])c([2H])c([2H])c32)c([2H])c1-c1ncnc2c1oc1ccc(-c3c([2H])c([2H])c(-c4c([2H])c([2H])c([2H])c([2H])c4[2H])c([2H])c3[2H])cc12. The zero-order valence-corrected chi connectivity index (χ0v) is 22.1. The molecule has 0 amide bonds. The Morgan fingerprint density at radius 3 is 1.98 bits per heavy atom. The molecule has 3 heterocycles. The van der Waals surface area contributed by atoms with Crippen LogP contribution < -0.4 is 0 Å². The van der Waals surface area contributed by atoms with E-state index >= 15 is 0 Å². The highest BCUT2D eigenvalue weighted by molar-refractivity contribution is 6.10. The molecule has 4 nitrogen and oxygen atoms in total. The highest BCUT2D eigenvalue weighted by Crippen LogP contribution is 2.37. The number of rotatable bonds is 4.